The van der Waals surface area contributed by atoms with E-state index in [4.69, 9.17) is 4.74 Å². The molecule has 9 heteroatoms. The summed E-state index contributed by atoms with van der Waals surface area (Å²) in [4.78, 5) is 20.3. The summed E-state index contributed by atoms with van der Waals surface area (Å²) in [7, 11) is 0. The molecular formula is C29H30N6O2S. The smallest absolute Gasteiger partial charge is 0.253 e. The van der Waals surface area contributed by atoms with Crippen LogP contribution in [0.1, 0.15) is 46.3 Å². The van der Waals surface area contributed by atoms with E-state index in [1.807, 2.05) is 41.1 Å². The number of nitrogens with one attached hydrogen (secondary N) is 1. The average molecular weight is 527 g/mol. The summed E-state index contributed by atoms with van der Waals surface area (Å²) in [5, 5.41) is 16.0. The maximum atomic E-state index is 13.7. The SMILES string of the molecule is Cc1ccc2[nH]c(=O)c([C@@H](c3nnnn3C[C@H]3CCCO3)N(Cc3ccccc3)Cc3cccs3)cc2c1. The molecule has 1 aliphatic heterocycles. The Morgan fingerprint density at radius 1 is 1.13 bits per heavy atom. The Morgan fingerprint density at radius 2 is 2.03 bits per heavy atom. The minimum atomic E-state index is -0.470. The van der Waals surface area contributed by atoms with Crippen molar-refractivity contribution in [1.29, 1.82) is 0 Å². The number of aryl methyl sites for hydroxylation is 1. The Labute approximate surface area is 224 Å². The molecule has 5 aromatic rings. The third-order valence-corrected chi connectivity index (χ3v) is 7.92. The topological polar surface area (TPSA) is 88.9 Å². The third-order valence-electron chi connectivity index (χ3n) is 7.06. The molecule has 4 heterocycles. The summed E-state index contributed by atoms with van der Waals surface area (Å²) < 4.78 is 7.73. The van der Waals surface area contributed by atoms with Gasteiger partial charge in [-0.15, -0.1) is 16.4 Å². The lowest BCUT2D eigenvalue weighted by atomic mass is 10.0. The molecule has 3 aromatic heterocycles. The van der Waals surface area contributed by atoms with E-state index in [0.29, 0.717) is 31.0 Å². The van der Waals surface area contributed by atoms with Gasteiger partial charge in [0.1, 0.15) is 6.04 Å². The zero-order valence-corrected chi connectivity index (χ0v) is 22.1. The molecular weight excluding hydrogens is 496 g/mol. The number of aromatic nitrogens is 5. The van der Waals surface area contributed by atoms with Gasteiger partial charge in [-0.3, -0.25) is 9.69 Å². The van der Waals surface area contributed by atoms with E-state index in [1.54, 1.807) is 11.3 Å². The monoisotopic (exact) mass is 526 g/mol. The third kappa shape index (κ3) is 5.31. The summed E-state index contributed by atoms with van der Waals surface area (Å²) in [6.07, 6.45) is 2.08. The van der Waals surface area contributed by atoms with Crippen LogP contribution >= 0.6 is 11.3 Å². The molecule has 2 atom stereocenters. The lowest BCUT2D eigenvalue weighted by molar-refractivity contribution is 0.0904. The number of hydrogen-bond donors (Lipinski definition) is 1. The van der Waals surface area contributed by atoms with Crippen molar-refractivity contribution >= 4 is 22.2 Å². The molecule has 1 N–H and O–H groups in total. The Kier molecular flexibility index (Phi) is 7.13. The molecule has 0 spiro atoms. The molecule has 6 rings (SSSR count). The van der Waals surface area contributed by atoms with Crippen LogP contribution in [0.25, 0.3) is 10.9 Å². The van der Waals surface area contributed by atoms with Crippen molar-refractivity contribution < 1.29 is 4.74 Å². The van der Waals surface area contributed by atoms with Crippen LogP contribution in [0.5, 0.6) is 0 Å². The molecule has 0 unspecified atom stereocenters. The standard InChI is InChI=1S/C29H30N6O2S/c1-20-11-12-26-22(15-20)16-25(29(36)30-26)27(28-31-32-33-35(28)18-23-9-5-13-37-23)34(19-24-10-6-14-38-24)17-21-7-3-2-4-8-21/h2-4,6-8,10-12,14-16,23,27H,5,9,13,17-19H2,1H3,(H,30,36)/t23-,27+/m1/s1. The lowest BCUT2D eigenvalue weighted by Crippen LogP contribution is -2.35. The van der Waals surface area contributed by atoms with E-state index < -0.39 is 6.04 Å². The number of pyridine rings is 1. The first-order chi connectivity index (χ1) is 18.6. The van der Waals surface area contributed by atoms with Gasteiger partial charge in [-0.2, -0.15) is 0 Å². The van der Waals surface area contributed by atoms with E-state index in [0.717, 1.165) is 41.5 Å². The fraction of sp³-hybridized carbons (Fsp3) is 0.310. The zero-order valence-electron chi connectivity index (χ0n) is 21.3. The van der Waals surface area contributed by atoms with Crippen LogP contribution < -0.4 is 5.56 Å². The number of tetrazole rings is 1. The second kappa shape index (κ2) is 11.0. The highest BCUT2D eigenvalue weighted by Gasteiger charge is 2.32. The molecule has 0 aliphatic carbocycles. The van der Waals surface area contributed by atoms with Gasteiger partial charge in [0, 0.05) is 35.7 Å². The highest BCUT2D eigenvalue weighted by atomic mass is 32.1. The first-order valence-electron chi connectivity index (χ1n) is 13.0. The molecule has 38 heavy (non-hydrogen) atoms. The predicted octanol–water partition coefficient (Wildman–Crippen LogP) is 4.86. The average Bonchev–Trinajstić information content (AvgIpc) is 3.70. The fourth-order valence-corrected chi connectivity index (χ4v) is 5.95. The van der Waals surface area contributed by atoms with Gasteiger partial charge in [0.05, 0.1) is 12.6 Å². The Balaban J connectivity index is 1.50. The molecule has 0 radical (unpaired) electrons. The second-order valence-corrected chi connectivity index (χ2v) is 10.9. The number of rotatable bonds is 9. The van der Waals surface area contributed by atoms with E-state index in [9.17, 15) is 4.79 Å². The maximum Gasteiger partial charge on any atom is 0.253 e. The van der Waals surface area contributed by atoms with Gasteiger partial charge in [0.2, 0.25) is 0 Å². The summed E-state index contributed by atoms with van der Waals surface area (Å²) >= 11 is 1.70. The van der Waals surface area contributed by atoms with Gasteiger partial charge in [0.15, 0.2) is 5.82 Å². The number of thiophene rings is 1. The van der Waals surface area contributed by atoms with Crippen LogP contribution in [0.15, 0.2) is 76.9 Å². The largest absolute Gasteiger partial charge is 0.376 e. The van der Waals surface area contributed by atoms with E-state index >= 15 is 0 Å². The molecule has 0 saturated carbocycles. The Hall–Kier alpha value is -3.66. The molecule has 1 fully saturated rings. The highest BCUT2D eigenvalue weighted by molar-refractivity contribution is 7.09. The van der Waals surface area contributed by atoms with Crippen molar-refractivity contribution in [3.63, 3.8) is 0 Å². The maximum absolute atomic E-state index is 13.7. The van der Waals surface area contributed by atoms with E-state index in [1.165, 1.54) is 4.88 Å². The minimum absolute atomic E-state index is 0.0651. The van der Waals surface area contributed by atoms with Crippen LogP contribution in [-0.4, -0.2) is 42.8 Å². The van der Waals surface area contributed by atoms with Crippen molar-refractivity contribution in [1.82, 2.24) is 30.1 Å². The molecule has 8 nitrogen and oxygen atoms in total. The zero-order chi connectivity index (χ0) is 25.9. The molecule has 1 saturated heterocycles. The normalized spacial score (nSPS) is 16.4. The summed E-state index contributed by atoms with van der Waals surface area (Å²) in [5.41, 5.74) is 3.59. The quantitative estimate of drug-likeness (QED) is 0.295. The molecule has 194 valence electrons. The van der Waals surface area contributed by atoms with E-state index in [2.05, 4.69) is 68.0 Å². The lowest BCUT2D eigenvalue weighted by Gasteiger charge is -2.31. The number of benzene rings is 2. The molecule has 0 bridgehead atoms. The Bertz CT molecular complexity index is 1560. The van der Waals surface area contributed by atoms with Crippen LogP contribution in [0.4, 0.5) is 0 Å². The van der Waals surface area contributed by atoms with Crippen LogP contribution in [-0.2, 0) is 24.4 Å². The van der Waals surface area contributed by atoms with Gasteiger partial charge in [-0.1, -0.05) is 48.0 Å². The highest BCUT2D eigenvalue weighted by Crippen LogP contribution is 2.31. The van der Waals surface area contributed by atoms with Gasteiger partial charge < -0.3 is 9.72 Å². The van der Waals surface area contributed by atoms with Gasteiger partial charge in [0.25, 0.3) is 5.56 Å². The summed E-state index contributed by atoms with van der Waals surface area (Å²) in [6, 6.07) is 22.1. The Morgan fingerprint density at radius 3 is 2.82 bits per heavy atom. The van der Waals surface area contributed by atoms with E-state index in [-0.39, 0.29) is 11.7 Å². The first-order valence-corrected chi connectivity index (χ1v) is 13.8. The van der Waals surface area contributed by atoms with Crippen LogP contribution in [0.3, 0.4) is 0 Å². The van der Waals surface area contributed by atoms with Gasteiger partial charge >= 0.3 is 0 Å². The van der Waals surface area contributed by atoms with Gasteiger partial charge in [-0.25, -0.2) is 4.68 Å². The number of hydrogen-bond acceptors (Lipinski definition) is 7. The predicted molar refractivity (Wildman–Crippen MR) is 148 cm³/mol. The van der Waals surface area contributed by atoms with Crippen LogP contribution in [0, 0.1) is 6.92 Å². The molecule has 0 amide bonds. The van der Waals surface area contributed by atoms with Crippen molar-refractivity contribution in [2.75, 3.05) is 6.61 Å². The van der Waals surface area contributed by atoms with Crippen molar-refractivity contribution in [2.24, 2.45) is 0 Å². The summed E-state index contributed by atoms with van der Waals surface area (Å²) in [6.45, 7) is 4.65. The van der Waals surface area contributed by atoms with Crippen molar-refractivity contribution in [2.45, 2.75) is 51.5 Å². The number of fused-ring (bicyclic) bond motifs is 1. The number of ether oxygens (including phenoxy) is 1. The van der Waals surface area contributed by atoms with Gasteiger partial charge in [-0.05, 0) is 70.8 Å². The van der Waals surface area contributed by atoms with Crippen molar-refractivity contribution in [3.05, 3.63) is 110 Å². The molecule has 2 aromatic carbocycles. The molecule has 1 aliphatic rings. The second-order valence-electron chi connectivity index (χ2n) is 9.87. The fourth-order valence-electron chi connectivity index (χ4n) is 5.22. The van der Waals surface area contributed by atoms with Crippen LogP contribution in [0.2, 0.25) is 0 Å². The number of aromatic amines is 1. The first kappa shape index (κ1) is 24.7. The van der Waals surface area contributed by atoms with Crippen molar-refractivity contribution in [3.8, 4) is 0 Å². The number of nitrogens with zero attached hydrogens (tertiary/aromatic N) is 5. The summed E-state index contributed by atoms with van der Waals surface area (Å²) in [5.74, 6) is 0.644. The minimum Gasteiger partial charge on any atom is -0.376 e. The number of H-pyrrole nitrogens is 1.